The van der Waals surface area contributed by atoms with Crippen LogP contribution in [0.15, 0.2) is 41.2 Å². The molecule has 0 unspecified atom stereocenters. The molecule has 0 saturated carbocycles. The van der Waals surface area contributed by atoms with Crippen molar-refractivity contribution in [3.05, 3.63) is 80.5 Å². The van der Waals surface area contributed by atoms with E-state index in [1.54, 1.807) is 12.1 Å². The molecule has 0 spiro atoms. The van der Waals surface area contributed by atoms with Gasteiger partial charge in [-0.2, -0.15) is 0 Å². The van der Waals surface area contributed by atoms with Crippen molar-refractivity contribution in [2.75, 3.05) is 57.9 Å². The standard InChI is InChI=1S/C31H39FN4O4/c1-6-35(5)28-18-24(23-7-8-29(27(32)17-23)40-14-11-36-9-12-39-13-10-36)16-25(22(28)4)30(37)33-19-26-20(2)15-21(3)34-31(26)38/h7-8,15-18H,6,9-14,19H2,1-5H3,(H,33,37)(H,34,38). The number of ether oxygens (including phenoxy) is 2. The van der Waals surface area contributed by atoms with Gasteiger partial charge < -0.3 is 24.7 Å². The van der Waals surface area contributed by atoms with Gasteiger partial charge in [0, 0.05) is 62.3 Å². The van der Waals surface area contributed by atoms with Gasteiger partial charge in [0.25, 0.3) is 11.5 Å². The largest absolute Gasteiger partial charge is 0.489 e. The van der Waals surface area contributed by atoms with E-state index in [0.717, 1.165) is 42.1 Å². The summed E-state index contributed by atoms with van der Waals surface area (Å²) in [7, 11) is 1.95. The molecule has 1 aliphatic rings. The number of morpholine rings is 1. The quantitative estimate of drug-likeness (QED) is 0.394. The van der Waals surface area contributed by atoms with Gasteiger partial charge in [-0.25, -0.2) is 4.39 Å². The van der Waals surface area contributed by atoms with Crippen LogP contribution in [0.3, 0.4) is 0 Å². The summed E-state index contributed by atoms with van der Waals surface area (Å²) in [5, 5.41) is 2.91. The van der Waals surface area contributed by atoms with Gasteiger partial charge in [-0.3, -0.25) is 14.5 Å². The lowest BCUT2D eigenvalue weighted by Gasteiger charge is -2.26. The van der Waals surface area contributed by atoms with Crippen molar-refractivity contribution >= 4 is 11.6 Å². The maximum absolute atomic E-state index is 15.1. The zero-order valence-electron chi connectivity index (χ0n) is 24.0. The number of hydrogen-bond acceptors (Lipinski definition) is 6. The smallest absolute Gasteiger partial charge is 0.253 e. The van der Waals surface area contributed by atoms with E-state index in [1.165, 1.54) is 6.07 Å². The molecule has 4 rings (SSSR count). The second kappa shape index (κ2) is 13.1. The van der Waals surface area contributed by atoms with E-state index in [0.29, 0.717) is 48.6 Å². The zero-order valence-corrected chi connectivity index (χ0v) is 24.0. The molecule has 0 radical (unpaired) electrons. The third-order valence-electron chi connectivity index (χ3n) is 7.46. The minimum Gasteiger partial charge on any atom is -0.489 e. The lowest BCUT2D eigenvalue weighted by Crippen LogP contribution is -2.38. The number of hydrogen-bond donors (Lipinski definition) is 2. The Morgan fingerprint density at radius 1 is 1.12 bits per heavy atom. The van der Waals surface area contributed by atoms with Gasteiger partial charge in [-0.1, -0.05) is 6.07 Å². The van der Waals surface area contributed by atoms with E-state index >= 15 is 4.39 Å². The first-order valence-corrected chi connectivity index (χ1v) is 13.7. The molecule has 1 fully saturated rings. The number of halogens is 1. The first-order valence-electron chi connectivity index (χ1n) is 13.7. The molecule has 0 aliphatic carbocycles. The summed E-state index contributed by atoms with van der Waals surface area (Å²) in [5.41, 5.74) is 5.42. The first-order chi connectivity index (χ1) is 19.2. The van der Waals surface area contributed by atoms with E-state index in [4.69, 9.17) is 9.47 Å². The monoisotopic (exact) mass is 550 g/mol. The summed E-state index contributed by atoms with van der Waals surface area (Å²) in [6.07, 6.45) is 0. The minimum absolute atomic E-state index is 0.105. The van der Waals surface area contributed by atoms with Gasteiger partial charge in [0.2, 0.25) is 0 Å². The Kier molecular flexibility index (Phi) is 9.60. The Hall–Kier alpha value is -3.69. The lowest BCUT2D eigenvalue weighted by atomic mass is 9.96. The molecule has 2 N–H and O–H groups in total. The topological polar surface area (TPSA) is 86.9 Å². The van der Waals surface area contributed by atoms with Crippen molar-refractivity contribution in [1.82, 2.24) is 15.2 Å². The molecule has 2 heterocycles. The van der Waals surface area contributed by atoms with Crippen molar-refractivity contribution in [2.45, 2.75) is 34.2 Å². The van der Waals surface area contributed by atoms with Gasteiger partial charge in [0.1, 0.15) is 6.61 Å². The summed E-state index contributed by atoms with van der Waals surface area (Å²) in [6, 6.07) is 10.5. The molecule has 1 aromatic heterocycles. The summed E-state index contributed by atoms with van der Waals surface area (Å²) in [5.74, 6) is -0.551. The number of anilines is 1. The van der Waals surface area contributed by atoms with Crippen LogP contribution in [0, 0.1) is 26.6 Å². The average Bonchev–Trinajstić information content (AvgIpc) is 2.93. The highest BCUT2D eigenvalue weighted by Gasteiger charge is 2.19. The fraction of sp³-hybridized carbons (Fsp3) is 0.419. The molecule has 2 aromatic carbocycles. The SMILES string of the molecule is CCN(C)c1cc(-c2ccc(OCCN3CCOCC3)c(F)c2)cc(C(=O)NCc2c(C)cc(C)[nH]c2=O)c1C. The van der Waals surface area contributed by atoms with Crippen LogP contribution < -0.4 is 20.5 Å². The highest BCUT2D eigenvalue weighted by molar-refractivity contribution is 5.98. The Bertz CT molecular complexity index is 1420. The molecule has 0 atom stereocenters. The van der Waals surface area contributed by atoms with Gasteiger partial charge >= 0.3 is 0 Å². The zero-order chi connectivity index (χ0) is 28.8. The Labute approximate surface area is 235 Å². The average molecular weight is 551 g/mol. The van der Waals surface area contributed by atoms with Gasteiger partial charge in [0.15, 0.2) is 11.6 Å². The maximum atomic E-state index is 15.1. The highest BCUT2D eigenvalue weighted by Crippen LogP contribution is 2.32. The van der Waals surface area contributed by atoms with E-state index in [-0.39, 0.29) is 23.8 Å². The molecule has 0 bridgehead atoms. The molecule has 3 aromatic rings. The number of amides is 1. The third-order valence-corrected chi connectivity index (χ3v) is 7.46. The number of carbonyl (C=O) groups excluding carboxylic acids is 1. The molecule has 214 valence electrons. The van der Waals surface area contributed by atoms with Crippen molar-refractivity contribution in [3.63, 3.8) is 0 Å². The normalized spacial score (nSPS) is 13.8. The maximum Gasteiger partial charge on any atom is 0.253 e. The Balaban J connectivity index is 1.56. The fourth-order valence-electron chi connectivity index (χ4n) is 4.94. The Morgan fingerprint density at radius 3 is 2.55 bits per heavy atom. The number of benzene rings is 2. The van der Waals surface area contributed by atoms with Crippen molar-refractivity contribution in [2.24, 2.45) is 0 Å². The van der Waals surface area contributed by atoms with Crippen LogP contribution in [-0.2, 0) is 11.3 Å². The van der Waals surface area contributed by atoms with Crippen LogP contribution in [-0.4, -0.2) is 68.8 Å². The summed E-state index contributed by atoms with van der Waals surface area (Å²) >= 11 is 0. The van der Waals surface area contributed by atoms with Crippen LogP contribution >= 0.6 is 0 Å². The molecule has 40 heavy (non-hydrogen) atoms. The minimum atomic E-state index is -0.453. The number of rotatable bonds is 10. The number of nitrogens with zero attached hydrogens (tertiary/aromatic N) is 2. The highest BCUT2D eigenvalue weighted by atomic mass is 19.1. The molecule has 9 heteroatoms. The van der Waals surface area contributed by atoms with E-state index in [1.807, 2.05) is 57.8 Å². The molecular formula is C31H39FN4O4. The van der Waals surface area contributed by atoms with Gasteiger partial charge in [-0.05, 0) is 80.3 Å². The van der Waals surface area contributed by atoms with Crippen molar-refractivity contribution < 1.29 is 18.7 Å². The summed E-state index contributed by atoms with van der Waals surface area (Å²) < 4.78 is 26.2. The lowest BCUT2D eigenvalue weighted by molar-refractivity contribution is 0.0320. The number of H-pyrrole nitrogens is 1. The number of pyridine rings is 1. The third kappa shape index (κ3) is 6.89. The number of carbonyl (C=O) groups is 1. The predicted molar refractivity (Wildman–Crippen MR) is 156 cm³/mol. The number of aromatic amines is 1. The molecule has 1 aliphatic heterocycles. The van der Waals surface area contributed by atoms with E-state index in [9.17, 15) is 9.59 Å². The second-order valence-electron chi connectivity index (χ2n) is 10.3. The van der Waals surface area contributed by atoms with Crippen LogP contribution in [0.4, 0.5) is 10.1 Å². The van der Waals surface area contributed by atoms with Crippen LogP contribution in [0.5, 0.6) is 5.75 Å². The number of aryl methyl sites for hydroxylation is 2. The Morgan fingerprint density at radius 2 is 1.88 bits per heavy atom. The fourth-order valence-corrected chi connectivity index (χ4v) is 4.94. The van der Waals surface area contributed by atoms with Crippen molar-refractivity contribution in [1.29, 1.82) is 0 Å². The van der Waals surface area contributed by atoms with Gasteiger partial charge in [-0.15, -0.1) is 0 Å². The van der Waals surface area contributed by atoms with E-state index in [2.05, 4.69) is 15.2 Å². The summed E-state index contributed by atoms with van der Waals surface area (Å²) in [6.45, 7) is 12.7. The predicted octanol–water partition coefficient (Wildman–Crippen LogP) is 4.20. The van der Waals surface area contributed by atoms with Crippen LogP contribution in [0.1, 0.15) is 39.7 Å². The van der Waals surface area contributed by atoms with Gasteiger partial charge in [0.05, 0.1) is 13.2 Å². The summed E-state index contributed by atoms with van der Waals surface area (Å²) in [4.78, 5) is 32.9. The molecular weight excluding hydrogens is 511 g/mol. The number of nitrogens with one attached hydrogen (secondary N) is 2. The van der Waals surface area contributed by atoms with Crippen LogP contribution in [0.2, 0.25) is 0 Å². The number of aromatic nitrogens is 1. The molecule has 1 saturated heterocycles. The van der Waals surface area contributed by atoms with E-state index < -0.39 is 5.82 Å². The van der Waals surface area contributed by atoms with Crippen molar-refractivity contribution in [3.8, 4) is 16.9 Å². The molecule has 1 amide bonds. The first kappa shape index (κ1) is 29.3. The molecule has 8 nitrogen and oxygen atoms in total. The van der Waals surface area contributed by atoms with Crippen LogP contribution in [0.25, 0.3) is 11.1 Å². The second-order valence-corrected chi connectivity index (χ2v) is 10.3.